The quantitative estimate of drug-likeness (QED) is 0.621. The van der Waals surface area contributed by atoms with Crippen molar-refractivity contribution < 1.29 is 28.5 Å². The number of hydrogen-bond donors (Lipinski definition) is 0. The molecule has 0 bridgehead atoms. The number of methoxy groups -OCH3 is 2. The van der Waals surface area contributed by atoms with E-state index in [-0.39, 0.29) is 18.4 Å². The van der Waals surface area contributed by atoms with Gasteiger partial charge in [-0.1, -0.05) is 6.07 Å². The van der Waals surface area contributed by atoms with Gasteiger partial charge in [-0.2, -0.15) is 0 Å². The van der Waals surface area contributed by atoms with Crippen LogP contribution in [-0.2, 0) is 9.53 Å². The molecule has 0 saturated carbocycles. The molecule has 4 rings (SSSR count). The van der Waals surface area contributed by atoms with Gasteiger partial charge in [0.25, 0.3) is 0 Å². The molecule has 0 amide bonds. The average molecular weight is 353 g/mol. The molecule has 2 aromatic carbocycles. The van der Waals surface area contributed by atoms with Gasteiger partial charge < -0.3 is 23.7 Å². The largest absolute Gasteiger partial charge is 0.493 e. The van der Waals surface area contributed by atoms with E-state index < -0.39 is 5.97 Å². The highest BCUT2D eigenvalue weighted by Crippen LogP contribution is 2.34. The summed E-state index contributed by atoms with van der Waals surface area (Å²) in [7, 11) is 3.11. The van der Waals surface area contributed by atoms with Crippen LogP contribution in [0.4, 0.5) is 0 Å². The Kier molecular flexibility index (Phi) is 3.96. The first-order valence-corrected chi connectivity index (χ1v) is 7.82. The molecule has 0 saturated heterocycles. The standard InChI is InChI=1S/C19H15NO6/c1-22-14-5-3-11(8-16(14)23-2)7-13-19(21)26-18(20-13)12-4-6-15-17(9-12)25-10-24-15/h3-9H,10H2,1-2H3/b13-7+. The Morgan fingerprint density at radius 1 is 1.00 bits per heavy atom. The van der Waals surface area contributed by atoms with Crippen LogP contribution in [0.2, 0.25) is 0 Å². The summed E-state index contributed by atoms with van der Waals surface area (Å²) >= 11 is 0. The Bertz CT molecular complexity index is 947. The summed E-state index contributed by atoms with van der Waals surface area (Å²) < 4.78 is 26.4. The van der Waals surface area contributed by atoms with Crippen LogP contribution < -0.4 is 18.9 Å². The van der Waals surface area contributed by atoms with Crippen molar-refractivity contribution in [3.8, 4) is 23.0 Å². The average Bonchev–Trinajstić information content (AvgIpc) is 3.27. The fourth-order valence-corrected chi connectivity index (χ4v) is 2.66. The predicted octanol–water partition coefficient (Wildman–Crippen LogP) is 2.78. The van der Waals surface area contributed by atoms with Crippen molar-refractivity contribution in [3.05, 3.63) is 53.2 Å². The van der Waals surface area contributed by atoms with Gasteiger partial charge in [-0.05, 0) is 42.0 Å². The highest BCUT2D eigenvalue weighted by molar-refractivity contribution is 6.13. The van der Waals surface area contributed by atoms with Gasteiger partial charge >= 0.3 is 5.97 Å². The lowest BCUT2D eigenvalue weighted by Gasteiger charge is -2.07. The third-order valence-corrected chi connectivity index (χ3v) is 3.95. The molecule has 2 aliphatic rings. The van der Waals surface area contributed by atoms with Crippen LogP contribution in [0.1, 0.15) is 11.1 Å². The zero-order valence-electron chi connectivity index (χ0n) is 14.1. The first kappa shape index (κ1) is 16.0. The highest BCUT2D eigenvalue weighted by Gasteiger charge is 2.26. The van der Waals surface area contributed by atoms with E-state index in [0.717, 1.165) is 5.56 Å². The normalized spacial score (nSPS) is 16.5. The molecular formula is C19H15NO6. The predicted molar refractivity (Wildman–Crippen MR) is 92.7 cm³/mol. The second-order valence-corrected chi connectivity index (χ2v) is 5.52. The molecule has 0 aliphatic carbocycles. The minimum atomic E-state index is -0.521. The van der Waals surface area contributed by atoms with Crippen molar-refractivity contribution in [2.24, 2.45) is 4.99 Å². The van der Waals surface area contributed by atoms with Crippen molar-refractivity contribution in [2.45, 2.75) is 0 Å². The van der Waals surface area contributed by atoms with Crippen molar-refractivity contribution in [2.75, 3.05) is 21.0 Å². The van der Waals surface area contributed by atoms with Gasteiger partial charge in [0.1, 0.15) is 0 Å². The van der Waals surface area contributed by atoms with Gasteiger partial charge in [0.15, 0.2) is 28.7 Å². The molecule has 26 heavy (non-hydrogen) atoms. The van der Waals surface area contributed by atoms with Crippen molar-refractivity contribution in [1.29, 1.82) is 0 Å². The molecule has 0 unspecified atom stereocenters. The maximum Gasteiger partial charge on any atom is 0.363 e. The Morgan fingerprint density at radius 2 is 1.81 bits per heavy atom. The third kappa shape index (κ3) is 2.83. The van der Waals surface area contributed by atoms with Gasteiger partial charge in [0, 0.05) is 5.56 Å². The SMILES string of the molecule is COc1ccc(/C=C2/N=C(c3ccc4c(c3)OCO4)OC2=O)cc1OC. The molecule has 132 valence electrons. The maximum atomic E-state index is 12.2. The number of carbonyl (C=O) groups is 1. The van der Waals surface area contributed by atoms with Crippen LogP contribution in [-0.4, -0.2) is 32.9 Å². The summed E-state index contributed by atoms with van der Waals surface area (Å²) in [5.41, 5.74) is 1.58. The summed E-state index contributed by atoms with van der Waals surface area (Å²) in [6.07, 6.45) is 1.63. The number of cyclic esters (lactones) is 1. The van der Waals surface area contributed by atoms with Crippen molar-refractivity contribution in [3.63, 3.8) is 0 Å². The summed E-state index contributed by atoms with van der Waals surface area (Å²) in [4.78, 5) is 16.5. The van der Waals surface area contributed by atoms with Gasteiger partial charge in [0.05, 0.1) is 14.2 Å². The van der Waals surface area contributed by atoms with Gasteiger partial charge in [-0.25, -0.2) is 9.79 Å². The summed E-state index contributed by atoms with van der Waals surface area (Å²) in [6, 6.07) is 10.6. The Balaban J connectivity index is 1.65. The maximum absolute atomic E-state index is 12.2. The molecular weight excluding hydrogens is 338 g/mol. The van der Waals surface area contributed by atoms with Crippen LogP contribution >= 0.6 is 0 Å². The fraction of sp³-hybridized carbons (Fsp3) is 0.158. The molecule has 2 heterocycles. The molecule has 7 heteroatoms. The second kappa shape index (κ2) is 6.44. The lowest BCUT2D eigenvalue weighted by atomic mass is 10.1. The topological polar surface area (TPSA) is 75.6 Å². The van der Waals surface area contributed by atoms with E-state index in [2.05, 4.69) is 4.99 Å². The number of nitrogens with zero attached hydrogens (tertiary/aromatic N) is 1. The van der Waals surface area contributed by atoms with E-state index >= 15 is 0 Å². The monoisotopic (exact) mass is 353 g/mol. The second-order valence-electron chi connectivity index (χ2n) is 5.52. The lowest BCUT2D eigenvalue weighted by Crippen LogP contribution is -2.05. The Morgan fingerprint density at radius 3 is 2.62 bits per heavy atom. The number of aliphatic imine (C=N–C) groups is 1. The molecule has 2 aromatic rings. The smallest absolute Gasteiger partial charge is 0.363 e. The molecule has 7 nitrogen and oxygen atoms in total. The Hall–Kier alpha value is -3.48. The van der Waals surface area contributed by atoms with Crippen LogP contribution in [0.15, 0.2) is 47.1 Å². The molecule has 0 N–H and O–H groups in total. The summed E-state index contributed by atoms with van der Waals surface area (Å²) in [5.74, 6) is 2.12. The number of fused-ring (bicyclic) bond motifs is 1. The summed E-state index contributed by atoms with van der Waals surface area (Å²) in [5, 5.41) is 0. The van der Waals surface area contributed by atoms with E-state index in [0.29, 0.717) is 28.6 Å². The van der Waals surface area contributed by atoms with Crippen molar-refractivity contribution >= 4 is 17.9 Å². The number of esters is 1. The number of ether oxygens (including phenoxy) is 5. The minimum absolute atomic E-state index is 0.176. The van der Waals surface area contributed by atoms with Crippen LogP contribution in [0.25, 0.3) is 6.08 Å². The number of rotatable bonds is 4. The molecule has 0 atom stereocenters. The van der Waals surface area contributed by atoms with Gasteiger partial charge in [0.2, 0.25) is 12.7 Å². The molecule has 0 fully saturated rings. The van der Waals surface area contributed by atoms with E-state index in [9.17, 15) is 4.79 Å². The number of hydrogen-bond acceptors (Lipinski definition) is 7. The van der Waals surface area contributed by atoms with E-state index in [4.69, 9.17) is 23.7 Å². The van der Waals surface area contributed by atoms with Crippen molar-refractivity contribution in [1.82, 2.24) is 0 Å². The number of carbonyl (C=O) groups excluding carboxylic acids is 1. The zero-order valence-corrected chi connectivity index (χ0v) is 14.1. The minimum Gasteiger partial charge on any atom is -0.493 e. The molecule has 0 spiro atoms. The summed E-state index contributed by atoms with van der Waals surface area (Å²) in [6.45, 7) is 0.176. The Labute approximate surface area is 149 Å². The van der Waals surface area contributed by atoms with Crippen LogP contribution in [0.3, 0.4) is 0 Å². The molecule has 0 aromatic heterocycles. The zero-order chi connectivity index (χ0) is 18.1. The first-order chi connectivity index (χ1) is 12.7. The van der Waals surface area contributed by atoms with Gasteiger partial charge in [-0.15, -0.1) is 0 Å². The molecule has 2 aliphatic heterocycles. The lowest BCUT2D eigenvalue weighted by molar-refractivity contribution is -0.129. The van der Waals surface area contributed by atoms with E-state index in [1.807, 2.05) is 0 Å². The van der Waals surface area contributed by atoms with Crippen LogP contribution in [0, 0.1) is 0 Å². The number of benzene rings is 2. The first-order valence-electron chi connectivity index (χ1n) is 7.82. The highest BCUT2D eigenvalue weighted by atomic mass is 16.7. The fourth-order valence-electron chi connectivity index (χ4n) is 2.66. The molecule has 0 radical (unpaired) electrons. The van der Waals surface area contributed by atoms with Gasteiger partial charge in [-0.3, -0.25) is 0 Å². The third-order valence-electron chi connectivity index (χ3n) is 3.95. The van der Waals surface area contributed by atoms with E-state index in [1.54, 1.807) is 56.7 Å². The van der Waals surface area contributed by atoms with E-state index in [1.165, 1.54) is 0 Å². The van der Waals surface area contributed by atoms with Crippen LogP contribution in [0.5, 0.6) is 23.0 Å².